The van der Waals surface area contributed by atoms with Gasteiger partial charge in [-0.05, 0) is 93.9 Å². The van der Waals surface area contributed by atoms with Crippen molar-refractivity contribution in [2.24, 2.45) is 11.8 Å². The van der Waals surface area contributed by atoms with Crippen LogP contribution in [0.3, 0.4) is 0 Å². The predicted octanol–water partition coefficient (Wildman–Crippen LogP) is 6.30. The highest BCUT2D eigenvalue weighted by molar-refractivity contribution is 5.97. The van der Waals surface area contributed by atoms with E-state index in [2.05, 4.69) is 47.5 Å². The zero-order chi connectivity index (χ0) is 29.4. The van der Waals surface area contributed by atoms with Crippen LogP contribution in [0.25, 0.3) is 11.0 Å². The highest BCUT2D eigenvalue weighted by atomic mass is 16.5. The number of piperidine rings is 1. The molecule has 1 aliphatic rings. The van der Waals surface area contributed by atoms with Crippen molar-refractivity contribution in [3.8, 4) is 11.6 Å². The number of likely N-dealkylation sites (tertiary alicyclic amines) is 1. The SMILES string of the molecule is COc1ccc(Nc2nc3c(O)nc(C(=O)N(CCC(C)C)CCC(C)C)cc3n2CCCN2CCCCC2)cc1. The smallest absolute Gasteiger partial charge is 0.272 e. The Kier molecular flexibility index (Phi) is 10.9. The van der Waals surface area contributed by atoms with Gasteiger partial charge in [0.1, 0.15) is 11.4 Å². The molecule has 1 amide bonds. The van der Waals surface area contributed by atoms with Crippen LogP contribution < -0.4 is 10.1 Å². The van der Waals surface area contributed by atoms with Gasteiger partial charge in [-0.3, -0.25) is 4.79 Å². The van der Waals surface area contributed by atoms with Gasteiger partial charge in [0, 0.05) is 25.3 Å². The van der Waals surface area contributed by atoms with Crippen molar-refractivity contribution >= 4 is 28.6 Å². The van der Waals surface area contributed by atoms with Gasteiger partial charge in [-0.2, -0.15) is 0 Å². The molecule has 3 aromatic rings. The molecule has 9 nitrogen and oxygen atoms in total. The molecule has 1 fully saturated rings. The summed E-state index contributed by atoms with van der Waals surface area (Å²) < 4.78 is 7.38. The van der Waals surface area contributed by atoms with Crippen molar-refractivity contribution in [3.05, 3.63) is 36.0 Å². The third kappa shape index (κ3) is 8.35. The van der Waals surface area contributed by atoms with Crippen LogP contribution in [0.2, 0.25) is 0 Å². The van der Waals surface area contributed by atoms with E-state index in [1.165, 1.54) is 19.3 Å². The first-order valence-electron chi connectivity index (χ1n) is 15.3. The van der Waals surface area contributed by atoms with Crippen molar-refractivity contribution in [1.82, 2.24) is 24.3 Å². The average molecular weight is 565 g/mol. The summed E-state index contributed by atoms with van der Waals surface area (Å²) in [6.45, 7) is 14.0. The van der Waals surface area contributed by atoms with Crippen LogP contribution in [0.4, 0.5) is 11.6 Å². The molecule has 1 aromatic carbocycles. The molecule has 0 bridgehead atoms. The van der Waals surface area contributed by atoms with E-state index in [-0.39, 0.29) is 17.5 Å². The van der Waals surface area contributed by atoms with E-state index >= 15 is 0 Å². The van der Waals surface area contributed by atoms with Crippen molar-refractivity contribution in [1.29, 1.82) is 0 Å². The maximum absolute atomic E-state index is 13.7. The van der Waals surface area contributed by atoms with Gasteiger partial charge in [-0.15, -0.1) is 0 Å². The van der Waals surface area contributed by atoms with Crippen LogP contribution in [0.1, 0.15) is 76.7 Å². The maximum Gasteiger partial charge on any atom is 0.272 e. The lowest BCUT2D eigenvalue weighted by Gasteiger charge is -2.26. The Morgan fingerprint density at radius 3 is 2.27 bits per heavy atom. The highest BCUT2D eigenvalue weighted by Crippen LogP contribution is 2.30. The topological polar surface area (TPSA) is 95.7 Å². The average Bonchev–Trinajstić information content (AvgIpc) is 3.30. The molecule has 2 N–H and O–H groups in total. The third-order valence-corrected chi connectivity index (χ3v) is 7.83. The van der Waals surface area contributed by atoms with E-state index < -0.39 is 0 Å². The summed E-state index contributed by atoms with van der Waals surface area (Å²) in [5.74, 6) is 2.00. The summed E-state index contributed by atoms with van der Waals surface area (Å²) in [7, 11) is 1.64. The van der Waals surface area contributed by atoms with Gasteiger partial charge >= 0.3 is 0 Å². The number of anilines is 2. The number of benzene rings is 1. The molecule has 4 rings (SSSR count). The zero-order valence-corrected chi connectivity index (χ0v) is 25.5. The maximum atomic E-state index is 13.7. The molecule has 0 atom stereocenters. The minimum Gasteiger partial charge on any atom is -0.497 e. The predicted molar refractivity (Wildman–Crippen MR) is 165 cm³/mol. The van der Waals surface area contributed by atoms with E-state index in [0.29, 0.717) is 48.5 Å². The first-order chi connectivity index (χ1) is 19.7. The number of imidazole rings is 1. The first kappa shape index (κ1) is 30.6. The number of methoxy groups -OCH3 is 1. The van der Waals surface area contributed by atoms with Crippen LogP contribution in [0, 0.1) is 11.8 Å². The number of aromatic hydroxyl groups is 1. The lowest BCUT2D eigenvalue weighted by atomic mass is 10.1. The van der Waals surface area contributed by atoms with Crippen LogP contribution >= 0.6 is 0 Å². The minimum atomic E-state index is -0.217. The molecular weight excluding hydrogens is 516 g/mol. The Labute approximate surface area is 244 Å². The first-order valence-corrected chi connectivity index (χ1v) is 15.3. The molecule has 2 aromatic heterocycles. The molecule has 9 heteroatoms. The number of amides is 1. The van der Waals surface area contributed by atoms with E-state index in [4.69, 9.17) is 9.72 Å². The van der Waals surface area contributed by atoms with Gasteiger partial charge in [0.05, 0.1) is 12.6 Å². The Balaban J connectivity index is 1.65. The van der Waals surface area contributed by atoms with Gasteiger partial charge < -0.3 is 29.5 Å². The molecular formula is C32H48N6O3. The number of carbonyl (C=O) groups excluding carboxylic acids is 1. The molecule has 41 heavy (non-hydrogen) atoms. The second-order valence-electron chi connectivity index (χ2n) is 12.1. The number of nitrogens with zero attached hydrogens (tertiary/aromatic N) is 5. The molecule has 0 aliphatic carbocycles. The number of hydrogen-bond donors (Lipinski definition) is 2. The number of rotatable bonds is 14. The van der Waals surface area contributed by atoms with Crippen molar-refractivity contribution in [2.75, 3.05) is 45.2 Å². The summed E-state index contributed by atoms with van der Waals surface area (Å²) in [6, 6.07) is 9.46. The highest BCUT2D eigenvalue weighted by Gasteiger charge is 2.23. The number of nitrogens with one attached hydrogen (secondary N) is 1. The molecule has 0 saturated carbocycles. The van der Waals surface area contributed by atoms with Crippen LogP contribution in [-0.2, 0) is 6.54 Å². The fourth-order valence-corrected chi connectivity index (χ4v) is 5.28. The van der Waals surface area contributed by atoms with Crippen LogP contribution in [-0.4, -0.2) is 75.2 Å². The molecule has 0 radical (unpaired) electrons. The van der Waals surface area contributed by atoms with Gasteiger partial charge in [0.2, 0.25) is 11.8 Å². The van der Waals surface area contributed by atoms with Gasteiger partial charge in [-0.25, -0.2) is 9.97 Å². The quantitative estimate of drug-likeness (QED) is 0.237. The number of aromatic nitrogens is 3. The van der Waals surface area contributed by atoms with E-state index in [1.807, 2.05) is 35.2 Å². The molecule has 1 saturated heterocycles. The van der Waals surface area contributed by atoms with E-state index in [1.54, 1.807) is 7.11 Å². The Morgan fingerprint density at radius 1 is 1.00 bits per heavy atom. The zero-order valence-electron chi connectivity index (χ0n) is 25.5. The fourth-order valence-electron chi connectivity index (χ4n) is 5.28. The summed E-state index contributed by atoms with van der Waals surface area (Å²) in [5, 5.41) is 14.4. The molecule has 0 spiro atoms. The Morgan fingerprint density at radius 2 is 1.66 bits per heavy atom. The second-order valence-corrected chi connectivity index (χ2v) is 12.1. The standard InChI is InChI=1S/C32H48N6O3/c1-23(2)14-20-37(21-15-24(3)4)31(40)27-22-28-29(30(39)34-27)35-32(33-25-10-12-26(41-5)13-11-25)38(28)19-9-18-36-16-7-6-8-17-36/h10-13,22-24H,6-9,14-21H2,1-5H3,(H,33,35)(H,34,39). The largest absolute Gasteiger partial charge is 0.497 e. The summed E-state index contributed by atoms with van der Waals surface area (Å²) in [4.78, 5) is 27.3. The lowest BCUT2D eigenvalue weighted by molar-refractivity contribution is 0.0734. The van der Waals surface area contributed by atoms with Crippen molar-refractivity contribution in [2.45, 2.75) is 72.8 Å². The number of fused-ring (bicyclic) bond motifs is 1. The van der Waals surface area contributed by atoms with Gasteiger partial charge in [-0.1, -0.05) is 34.1 Å². The third-order valence-electron chi connectivity index (χ3n) is 7.83. The normalized spacial score (nSPS) is 14.2. The van der Waals surface area contributed by atoms with Crippen LogP contribution in [0.5, 0.6) is 11.6 Å². The monoisotopic (exact) mass is 564 g/mol. The number of carbonyl (C=O) groups is 1. The number of ether oxygens (including phenoxy) is 1. The lowest BCUT2D eigenvalue weighted by Crippen LogP contribution is -2.34. The number of hydrogen-bond acceptors (Lipinski definition) is 7. The number of aryl methyl sites for hydroxylation is 1. The minimum absolute atomic E-state index is 0.144. The van der Waals surface area contributed by atoms with Crippen molar-refractivity contribution < 1.29 is 14.6 Å². The Hall–Kier alpha value is -3.33. The Bertz CT molecular complexity index is 1250. The summed E-state index contributed by atoms with van der Waals surface area (Å²) >= 11 is 0. The molecule has 224 valence electrons. The van der Waals surface area contributed by atoms with Gasteiger partial charge in [0.25, 0.3) is 5.91 Å². The van der Waals surface area contributed by atoms with Crippen LogP contribution in [0.15, 0.2) is 30.3 Å². The summed E-state index contributed by atoms with van der Waals surface area (Å²) in [5.41, 5.74) is 2.22. The van der Waals surface area contributed by atoms with Crippen molar-refractivity contribution in [3.63, 3.8) is 0 Å². The van der Waals surface area contributed by atoms with E-state index in [0.717, 1.165) is 50.3 Å². The molecule has 0 unspecified atom stereocenters. The van der Waals surface area contributed by atoms with E-state index in [9.17, 15) is 9.90 Å². The van der Waals surface area contributed by atoms with Gasteiger partial charge in [0.15, 0.2) is 5.52 Å². The summed E-state index contributed by atoms with van der Waals surface area (Å²) in [6.07, 6.45) is 6.60. The molecule has 3 heterocycles. The number of pyridine rings is 1. The molecule has 1 aliphatic heterocycles. The fraction of sp³-hybridized carbons (Fsp3) is 0.594. The second kappa shape index (κ2) is 14.5.